The Morgan fingerprint density at radius 3 is 2.49 bits per heavy atom. The minimum absolute atomic E-state index is 0.00654. The summed E-state index contributed by atoms with van der Waals surface area (Å²) in [6.45, 7) is 3.92. The molecule has 41 heavy (non-hydrogen) atoms. The van der Waals surface area contributed by atoms with Crippen LogP contribution in [0.25, 0.3) is 11.5 Å². The number of hydrogen-bond donors (Lipinski definition) is 1. The lowest BCUT2D eigenvalue weighted by molar-refractivity contribution is -0.384. The van der Waals surface area contributed by atoms with Crippen LogP contribution in [0.4, 0.5) is 14.5 Å². The molecule has 3 heterocycles. The van der Waals surface area contributed by atoms with Gasteiger partial charge in [0, 0.05) is 67.8 Å². The van der Waals surface area contributed by atoms with Crippen molar-refractivity contribution in [3.05, 3.63) is 82.4 Å². The highest BCUT2D eigenvalue weighted by Crippen LogP contribution is 2.29. The van der Waals surface area contributed by atoms with Gasteiger partial charge in [0.1, 0.15) is 29.9 Å². The van der Waals surface area contributed by atoms with Gasteiger partial charge in [0.05, 0.1) is 11.5 Å². The van der Waals surface area contributed by atoms with Crippen LogP contribution in [0.5, 0.6) is 0 Å². The number of β-amino-alcohol motifs (C(OH)–C–C–N with tert-alkyl or cyclic N) is 1. The lowest BCUT2D eigenvalue weighted by atomic mass is 9.92. The van der Waals surface area contributed by atoms with Crippen molar-refractivity contribution >= 4 is 17.4 Å². The zero-order valence-corrected chi connectivity index (χ0v) is 22.8. The molecule has 1 atom stereocenters. The van der Waals surface area contributed by atoms with Crippen LogP contribution in [0.2, 0.25) is 0 Å². The van der Waals surface area contributed by atoms with E-state index in [0.29, 0.717) is 29.8 Å². The smallest absolute Gasteiger partial charge is 0.276 e. The quantitative estimate of drug-likeness (QED) is 0.113. The number of thioether (sulfide) groups is 1. The number of hydrogen-bond acceptors (Lipinski definition) is 11. The van der Waals surface area contributed by atoms with Crippen molar-refractivity contribution in [3.63, 3.8) is 0 Å². The number of rotatable bonds is 12. The molecule has 12 nitrogen and oxygen atoms in total. The van der Waals surface area contributed by atoms with Crippen molar-refractivity contribution in [2.24, 2.45) is 0 Å². The van der Waals surface area contributed by atoms with Crippen molar-refractivity contribution in [1.82, 2.24) is 34.8 Å². The fraction of sp³-hybridized carbons (Fsp3) is 0.385. The van der Waals surface area contributed by atoms with Crippen LogP contribution in [0.3, 0.4) is 0 Å². The van der Waals surface area contributed by atoms with Crippen molar-refractivity contribution < 1.29 is 23.2 Å². The maximum atomic E-state index is 14.7. The fourth-order valence-electron chi connectivity index (χ4n) is 4.77. The summed E-state index contributed by atoms with van der Waals surface area (Å²) in [6.07, 6.45) is 3.68. The summed E-state index contributed by atoms with van der Waals surface area (Å²) >= 11 is 1.45. The topological polar surface area (TPSA) is 139 Å². The Kier molecular flexibility index (Phi) is 8.97. The van der Waals surface area contributed by atoms with E-state index in [0.717, 1.165) is 43.9 Å². The van der Waals surface area contributed by atoms with E-state index in [1.54, 1.807) is 12.1 Å². The van der Waals surface area contributed by atoms with Crippen molar-refractivity contribution in [1.29, 1.82) is 0 Å². The first kappa shape index (κ1) is 28.7. The second-order valence-electron chi connectivity index (χ2n) is 9.75. The molecule has 15 heteroatoms. The van der Waals surface area contributed by atoms with Crippen molar-refractivity contribution in [3.8, 4) is 11.5 Å². The first-order valence-electron chi connectivity index (χ1n) is 13.0. The van der Waals surface area contributed by atoms with E-state index in [1.165, 1.54) is 47.3 Å². The van der Waals surface area contributed by atoms with Crippen molar-refractivity contribution in [2.75, 3.05) is 45.0 Å². The van der Waals surface area contributed by atoms with Crippen LogP contribution in [0.1, 0.15) is 12.0 Å². The van der Waals surface area contributed by atoms with Crippen LogP contribution >= 0.6 is 11.8 Å². The van der Waals surface area contributed by atoms with Gasteiger partial charge >= 0.3 is 0 Å². The van der Waals surface area contributed by atoms with Gasteiger partial charge in [-0.25, -0.2) is 18.4 Å². The van der Waals surface area contributed by atoms with Gasteiger partial charge in [-0.2, -0.15) is 5.10 Å². The Balaban J connectivity index is 1.08. The van der Waals surface area contributed by atoms with Crippen LogP contribution in [-0.4, -0.2) is 89.8 Å². The number of piperazine rings is 1. The first-order valence-corrected chi connectivity index (χ1v) is 13.9. The molecule has 0 aliphatic carbocycles. The molecule has 0 spiro atoms. The predicted octanol–water partition coefficient (Wildman–Crippen LogP) is 3.20. The number of aliphatic hydroxyl groups is 1. The number of nitrogens with zero attached hydrogens (tertiary/aromatic N) is 8. The van der Waals surface area contributed by atoms with E-state index in [2.05, 4.69) is 30.1 Å². The third-order valence-corrected chi connectivity index (χ3v) is 7.75. The third-order valence-electron chi connectivity index (χ3n) is 6.85. The number of halogens is 2. The normalized spacial score (nSPS) is 16.1. The molecule has 5 rings (SSSR count). The van der Waals surface area contributed by atoms with Gasteiger partial charge in [-0.1, -0.05) is 17.8 Å². The number of benzene rings is 2. The monoisotopic (exact) mass is 586 g/mol. The highest BCUT2D eigenvalue weighted by molar-refractivity contribution is 7.99. The molecule has 216 valence electrons. The Bertz CT molecular complexity index is 1450. The average molecular weight is 587 g/mol. The zero-order chi connectivity index (χ0) is 28.8. The lowest BCUT2D eigenvalue weighted by Gasteiger charge is -2.39. The van der Waals surface area contributed by atoms with Crippen LogP contribution < -0.4 is 0 Å². The van der Waals surface area contributed by atoms with Crippen molar-refractivity contribution in [2.45, 2.75) is 23.8 Å². The Morgan fingerprint density at radius 2 is 1.80 bits per heavy atom. The Labute approximate surface area is 238 Å². The van der Waals surface area contributed by atoms with E-state index in [4.69, 9.17) is 4.42 Å². The number of nitro benzene ring substituents is 1. The molecule has 4 aromatic rings. The molecule has 1 saturated heterocycles. The van der Waals surface area contributed by atoms with Crippen LogP contribution in [-0.2, 0) is 12.1 Å². The molecule has 1 fully saturated rings. The molecule has 1 aliphatic rings. The molecule has 2 aromatic carbocycles. The summed E-state index contributed by atoms with van der Waals surface area (Å²) in [5, 5.41) is 35.0. The molecular formula is C26H28F2N8O4S. The zero-order valence-electron chi connectivity index (χ0n) is 22.0. The summed E-state index contributed by atoms with van der Waals surface area (Å²) in [7, 11) is 0. The fourth-order valence-corrected chi connectivity index (χ4v) is 5.45. The molecule has 0 saturated carbocycles. The summed E-state index contributed by atoms with van der Waals surface area (Å²) in [5.74, 6) is -0.429. The molecule has 1 N–H and O–H groups in total. The number of nitro groups is 1. The van der Waals surface area contributed by atoms with E-state index < -0.39 is 22.2 Å². The number of aromatic nitrogens is 5. The minimum atomic E-state index is -1.62. The molecule has 0 amide bonds. The van der Waals surface area contributed by atoms with E-state index in [1.807, 2.05) is 0 Å². The summed E-state index contributed by atoms with van der Waals surface area (Å²) in [6, 6.07) is 9.15. The molecule has 0 bridgehead atoms. The highest BCUT2D eigenvalue weighted by atomic mass is 32.2. The van der Waals surface area contributed by atoms with Gasteiger partial charge in [0.2, 0.25) is 5.89 Å². The predicted molar refractivity (Wildman–Crippen MR) is 145 cm³/mol. The van der Waals surface area contributed by atoms with E-state index in [9.17, 15) is 24.0 Å². The molecule has 0 radical (unpaired) electrons. The van der Waals surface area contributed by atoms with E-state index >= 15 is 0 Å². The van der Waals surface area contributed by atoms with Crippen LogP contribution in [0, 0.1) is 21.7 Å². The van der Waals surface area contributed by atoms with Gasteiger partial charge in [0.15, 0.2) is 0 Å². The number of non-ortho nitro benzene ring substituents is 1. The Morgan fingerprint density at radius 1 is 1.05 bits per heavy atom. The summed E-state index contributed by atoms with van der Waals surface area (Å²) in [4.78, 5) is 18.7. The second-order valence-corrected chi connectivity index (χ2v) is 10.8. The third kappa shape index (κ3) is 7.30. The average Bonchev–Trinajstić information content (AvgIpc) is 3.64. The maximum Gasteiger partial charge on any atom is 0.276 e. The van der Waals surface area contributed by atoms with Crippen LogP contribution in [0.15, 0.2) is 64.8 Å². The van der Waals surface area contributed by atoms with Gasteiger partial charge in [-0.05, 0) is 31.2 Å². The molecule has 1 aliphatic heterocycles. The van der Waals surface area contributed by atoms with Gasteiger partial charge < -0.3 is 14.4 Å². The summed E-state index contributed by atoms with van der Waals surface area (Å²) < 4.78 is 35.4. The molecule has 1 unspecified atom stereocenters. The van der Waals surface area contributed by atoms with E-state index in [-0.39, 0.29) is 24.3 Å². The first-order chi connectivity index (χ1) is 19.8. The second kappa shape index (κ2) is 12.8. The summed E-state index contributed by atoms with van der Waals surface area (Å²) in [5.41, 5.74) is -0.996. The standard InChI is InChI=1S/C26H28F2N8O4S/c27-20-4-7-22(23(28)14-20)26(37,16-35-18-29-17-30-35)15-34-11-9-33(10-12-34)8-1-13-41-25-32-31-24(40-25)19-2-5-21(6-3-19)36(38)39/h2-7,14,17-18,37H,1,8-13,15-16H2. The van der Waals surface area contributed by atoms with Gasteiger partial charge in [-0.15, -0.1) is 10.2 Å². The SMILES string of the molecule is O=[N+]([O-])c1ccc(-c2nnc(SCCCN3CCN(CC(O)(Cn4cncn4)c4ccc(F)cc4F)CC3)o2)cc1. The molecular weight excluding hydrogens is 558 g/mol. The van der Waals surface area contributed by atoms with Gasteiger partial charge in [-0.3, -0.25) is 15.0 Å². The lowest BCUT2D eigenvalue weighted by Crippen LogP contribution is -2.52. The Hall–Kier alpha value is -3.79. The minimum Gasteiger partial charge on any atom is -0.411 e. The largest absolute Gasteiger partial charge is 0.411 e. The highest BCUT2D eigenvalue weighted by Gasteiger charge is 2.36. The molecule has 2 aromatic heterocycles. The van der Waals surface area contributed by atoms with Gasteiger partial charge in [0.25, 0.3) is 10.9 Å². The maximum absolute atomic E-state index is 14.7.